The summed E-state index contributed by atoms with van der Waals surface area (Å²) < 4.78 is 5.89. The van der Waals surface area contributed by atoms with Gasteiger partial charge in [0.2, 0.25) is 5.91 Å². The topological polar surface area (TPSA) is 33.5 Å². The van der Waals surface area contributed by atoms with Crippen molar-refractivity contribution < 1.29 is 9.21 Å². The lowest BCUT2D eigenvalue weighted by atomic mass is 10.1. The van der Waals surface area contributed by atoms with E-state index in [1.54, 1.807) is 0 Å². The third-order valence-corrected chi connectivity index (χ3v) is 5.93. The van der Waals surface area contributed by atoms with Gasteiger partial charge in [0.15, 0.2) is 0 Å². The van der Waals surface area contributed by atoms with Crippen LogP contribution in [-0.4, -0.2) is 17.4 Å². The van der Waals surface area contributed by atoms with Gasteiger partial charge in [-0.25, -0.2) is 0 Å². The molecule has 0 saturated heterocycles. The lowest BCUT2D eigenvalue weighted by Crippen LogP contribution is -2.35. The molecule has 1 aliphatic carbocycles. The van der Waals surface area contributed by atoms with Gasteiger partial charge in [-0.2, -0.15) is 0 Å². The Bertz CT molecular complexity index is 687. The molecule has 1 amide bonds. The molecule has 2 aliphatic rings. The van der Waals surface area contributed by atoms with Gasteiger partial charge in [0.05, 0.1) is 0 Å². The maximum Gasteiger partial charge on any atom is 0.223 e. The molecule has 0 spiro atoms. The van der Waals surface area contributed by atoms with Crippen LogP contribution in [0.15, 0.2) is 28.0 Å². The van der Waals surface area contributed by atoms with E-state index in [4.69, 9.17) is 4.42 Å². The van der Waals surface area contributed by atoms with Crippen LogP contribution >= 0.6 is 11.3 Å². The maximum atomic E-state index is 12.4. The van der Waals surface area contributed by atoms with Crippen molar-refractivity contribution in [2.24, 2.45) is 5.92 Å². The quantitative estimate of drug-likeness (QED) is 0.855. The number of aryl methyl sites for hydroxylation is 1. The predicted molar refractivity (Wildman–Crippen MR) is 87.0 cm³/mol. The molecule has 1 saturated carbocycles. The van der Waals surface area contributed by atoms with Crippen molar-refractivity contribution >= 4 is 17.2 Å². The molecule has 0 aromatic carbocycles. The minimum Gasteiger partial charge on any atom is -0.466 e. The molecule has 4 rings (SSSR count). The number of carbonyl (C=O) groups is 1. The molecule has 116 valence electrons. The van der Waals surface area contributed by atoms with E-state index < -0.39 is 0 Å². The van der Waals surface area contributed by atoms with Gasteiger partial charge < -0.3 is 9.32 Å². The van der Waals surface area contributed by atoms with Crippen LogP contribution in [0.3, 0.4) is 0 Å². The van der Waals surface area contributed by atoms with Gasteiger partial charge in [-0.3, -0.25) is 4.79 Å². The molecule has 0 N–H and O–H groups in total. The Kier molecular flexibility index (Phi) is 3.57. The number of nitrogens with zero attached hydrogens (tertiary/aromatic N) is 1. The van der Waals surface area contributed by atoms with Gasteiger partial charge in [-0.1, -0.05) is 6.92 Å². The highest BCUT2D eigenvalue weighted by Crippen LogP contribution is 2.47. The van der Waals surface area contributed by atoms with Crippen LogP contribution in [-0.2, 0) is 24.2 Å². The van der Waals surface area contributed by atoms with E-state index in [9.17, 15) is 4.79 Å². The largest absolute Gasteiger partial charge is 0.466 e. The standard InChI is InChI=1S/C18H21NO2S/c1-12-10-15(12)16-4-2-14(21-16)3-5-18(20)19-8-6-17-13(11-19)7-9-22-17/h2,4,7,9,12,15H,3,5-6,8,10-11H2,1H3/t12-,15-/m1/s1. The normalized spacial score (nSPS) is 23.4. The van der Waals surface area contributed by atoms with E-state index in [0.717, 1.165) is 36.9 Å². The van der Waals surface area contributed by atoms with Crippen molar-refractivity contribution in [2.75, 3.05) is 6.54 Å². The molecule has 2 atom stereocenters. The molecule has 1 fully saturated rings. The first-order valence-electron chi connectivity index (χ1n) is 8.12. The van der Waals surface area contributed by atoms with Gasteiger partial charge in [0.25, 0.3) is 0 Å². The molecule has 1 aliphatic heterocycles. The van der Waals surface area contributed by atoms with Crippen LogP contribution in [0.5, 0.6) is 0 Å². The second kappa shape index (κ2) is 5.58. The van der Waals surface area contributed by atoms with Gasteiger partial charge in [-0.15, -0.1) is 11.3 Å². The monoisotopic (exact) mass is 315 g/mol. The summed E-state index contributed by atoms with van der Waals surface area (Å²) in [6.07, 6.45) is 3.51. The highest BCUT2D eigenvalue weighted by molar-refractivity contribution is 7.10. The van der Waals surface area contributed by atoms with E-state index in [0.29, 0.717) is 18.8 Å². The van der Waals surface area contributed by atoms with Gasteiger partial charge in [-0.05, 0) is 47.9 Å². The summed E-state index contributed by atoms with van der Waals surface area (Å²) in [4.78, 5) is 15.8. The van der Waals surface area contributed by atoms with Gasteiger partial charge >= 0.3 is 0 Å². The Labute approximate surface area is 134 Å². The lowest BCUT2D eigenvalue weighted by Gasteiger charge is -2.27. The van der Waals surface area contributed by atoms with Crippen LogP contribution in [0.4, 0.5) is 0 Å². The zero-order chi connectivity index (χ0) is 15.1. The van der Waals surface area contributed by atoms with E-state index in [1.165, 1.54) is 16.9 Å². The fourth-order valence-electron chi connectivity index (χ4n) is 3.30. The van der Waals surface area contributed by atoms with E-state index in [-0.39, 0.29) is 5.91 Å². The van der Waals surface area contributed by atoms with E-state index in [1.807, 2.05) is 22.3 Å². The minimum atomic E-state index is 0.245. The minimum absolute atomic E-state index is 0.245. The van der Waals surface area contributed by atoms with E-state index >= 15 is 0 Å². The lowest BCUT2D eigenvalue weighted by molar-refractivity contribution is -0.132. The first kappa shape index (κ1) is 14.1. The average Bonchev–Trinajstić information content (AvgIpc) is 2.97. The van der Waals surface area contributed by atoms with Crippen molar-refractivity contribution in [1.82, 2.24) is 4.90 Å². The number of furan rings is 1. The molecular weight excluding hydrogens is 294 g/mol. The summed E-state index contributed by atoms with van der Waals surface area (Å²) in [5, 5.41) is 2.13. The molecule has 4 heteroatoms. The maximum absolute atomic E-state index is 12.4. The molecule has 2 aromatic heterocycles. The number of hydrogen-bond donors (Lipinski definition) is 0. The summed E-state index contributed by atoms with van der Waals surface area (Å²) in [7, 11) is 0. The highest BCUT2D eigenvalue weighted by atomic mass is 32.1. The summed E-state index contributed by atoms with van der Waals surface area (Å²) in [6, 6.07) is 6.28. The summed E-state index contributed by atoms with van der Waals surface area (Å²) in [6.45, 7) is 3.89. The van der Waals surface area contributed by atoms with Crippen molar-refractivity contribution in [2.45, 2.75) is 45.1 Å². The zero-order valence-electron chi connectivity index (χ0n) is 12.9. The van der Waals surface area contributed by atoms with Gasteiger partial charge in [0.1, 0.15) is 11.5 Å². The molecule has 0 bridgehead atoms. The zero-order valence-corrected chi connectivity index (χ0v) is 13.7. The van der Waals surface area contributed by atoms with Crippen LogP contribution < -0.4 is 0 Å². The Hall–Kier alpha value is -1.55. The van der Waals surface area contributed by atoms with Gasteiger partial charge in [0, 0.05) is 36.7 Å². The van der Waals surface area contributed by atoms with Crippen LogP contribution in [0.1, 0.15) is 47.6 Å². The number of fused-ring (bicyclic) bond motifs is 1. The highest BCUT2D eigenvalue weighted by Gasteiger charge is 2.36. The average molecular weight is 315 g/mol. The summed E-state index contributed by atoms with van der Waals surface area (Å²) in [5.41, 5.74) is 1.33. The fraction of sp³-hybridized carbons (Fsp3) is 0.500. The Balaban J connectivity index is 1.32. The summed E-state index contributed by atoms with van der Waals surface area (Å²) >= 11 is 1.81. The predicted octanol–water partition coefficient (Wildman–Crippen LogP) is 3.98. The third-order valence-electron chi connectivity index (χ3n) is 4.90. The Morgan fingerprint density at radius 1 is 1.41 bits per heavy atom. The fourth-order valence-corrected chi connectivity index (χ4v) is 4.19. The second-order valence-corrected chi connectivity index (χ2v) is 7.56. The van der Waals surface area contributed by atoms with Crippen molar-refractivity contribution in [3.63, 3.8) is 0 Å². The smallest absolute Gasteiger partial charge is 0.223 e. The second-order valence-electron chi connectivity index (χ2n) is 6.56. The number of rotatable bonds is 4. The third kappa shape index (κ3) is 2.72. The number of amides is 1. The first-order chi connectivity index (χ1) is 10.7. The molecule has 0 unspecified atom stereocenters. The molecule has 3 heterocycles. The van der Waals surface area contributed by atoms with E-state index in [2.05, 4.69) is 24.4 Å². The molecule has 22 heavy (non-hydrogen) atoms. The van der Waals surface area contributed by atoms with Crippen molar-refractivity contribution in [1.29, 1.82) is 0 Å². The first-order valence-corrected chi connectivity index (χ1v) is 9.00. The molecule has 0 radical (unpaired) electrons. The summed E-state index contributed by atoms with van der Waals surface area (Å²) in [5.74, 6) is 3.68. The molecular formula is C18H21NO2S. The number of thiophene rings is 1. The number of hydrogen-bond acceptors (Lipinski definition) is 3. The number of carbonyl (C=O) groups excluding carboxylic acids is 1. The molecule has 3 nitrogen and oxygen atoms in total. The Morgan fingerprint density at radius 3 is 3.09 bits per heavy atom. The molecule has 2 aromatic rings. The van der Waals surface area contributed by atoms with Crippen molar-refractivity contribution in [3.05, 3.63) is 45.5 Å². The Morgan fingerprint density at radius 2 is 2.27 bits per heavy atom. The van der Waals surface area contributed by atoms with Crippen LogP contribution in [0.25, 0.3) is 0 Å². The van der Waals surface area contributed by atoms with Crippen LogP contribution in [0, 0.1) is 5.92 Å². The van der Waals surface area contributed by atoms with Crippen molar-refractivity contribution in [3.8, 4) is 0 Å². The van der Waals surface area contributed by atoms with Crippen LogP contribution in [0.2, 0.25) is 0 Å². The SMILES string of the molecule is C[C@@H]1C[C@H]1c1ccc(CCC(=O)N2CCc3sccc3C2)o1.